The summed E-state index contributed by atoms with van der Waals surface area (Å²) in [4.78, 5) is 25.2. The highest BCUT2D eigenvalue weighted by Crippen LogP contribution is 2.13. The third-order valence-corrected chi connectivity index (χ3v) is 3.09. The summed E-state index contributed by atoms with van der Waals surface area (Å²) in [5.41, 5.74) is 0. The molecule has 1 aromatic rings. The van der Waals surface area contributed by atoms with Crippen LogP contribution in [0.4, 0.5) is 0 Å². The molecule has 1 saturated heterocycles. The van der Waals surface area contributed by atoms with Crippen LogP contribution in [0.2, 0.25) is 0 Å². The predicted molar refractivity (Wildman–Crippen MR) is 75.4 cm³/mol. The second-order valence-corrected chi connectivity index (χ2v) is 4.70. The molecule has 0 radical (unpaired) electrons. The van der Waals surface area contributed by atoms with Crippen molar-refractivity contribution in [2.75, 3.05) is 32.7 Å². The lowest BCUT2D eigenvalue weighted by atomic mass is 10.3. The molecular formula is C11H15BrClN3O3. The summed E-state index contributed by atoms with van der Waals surface area (Å²) in [5.74, 6) is -0.269. The van der Waals surface area contributed by atoms with Gasteiger partial charge in [0.2, 0.25) is 5.91 Å². The Morgan fingerprint density at radius 1 is 1.37 bits per heavy atom. The summed E-state index contributed by atoms with van der Waals surface area (Å²) in [6.07, 6.45) is 0. The van der Waals surface area contributed by atoms with E-state index < -0.39 is 0 Å². The van der Waals surface area contributed by atoms with Crippen molar-refractivity contribution in [3.8, 4) is 0 Å². The average molecular weight is 353 g/mol. The number of nitrogens with zero attached hydrogens (tertiary/aromatic N) is 1. The lowest BCUT2D eigenvalue weighted by Gasteiger charge is -2.27. The highest BCUT2D eigenvalue weighted by molar-refractivity contribution is 9.10. The molecule has 1 aliphatic heterocycles. The SMILES string of the molecule is Cl.O=C(NCC(=O)N1CCNCC1)c1ccc(Br)o1. The van der Waals surface area contributed by atoms with Crippen LogP contribution in [0.3, 0.4) is 0 Å². The largest absolute Gasteiger partial charge is 0.444 e. The standard InChI is InChI=1S/C11H14BrN3O3.ClH/c12-9-2-1-8(18-9)11(17)14-7-10(16)15-5-3-13-4-6-15;/h1-2,13H,3-7H2,(H,14,17);1H. The van der Waals surface area contributed by atoms with Crippen LogP contribution in [-0.4, -0.2) is 49.4 Å². The minimum absolute atomic E-state index is 0. The van der Waals surface area contributed by atoms with Crippen LogP contribution in [0.1, 0.15) is 10.6 Å². The molecule has 0 aliphatic carbocycles. The fourth-order valence-corrected chi connectivity index (χ4v) is 2.01. The fraction of sp³-hybridized carbons (Fsp3) is 0.455. The van der Waals surface area contributed by atoms with Crippen LogP contribution in [0.25, 0.3) is 0 Å². The first-order valence-electron chi connectivity index (χ1n) is 5.69. The van der Waals surface area contributed by atoms with Gasteiger partial charge in [0.05, 0.1) is 6.54 Å². The maximum atomic E-state index is 11.8. The Kier molecular flexibility index (Phi) is 6.33. The quantitative estimate of drug-likeness (QED) is 0.836. The van der Waals surface area contributed by atoms with Gasteiger partial charge in [-0.1, -0.05) is 0 Å². The maximum absolute atomic E-state index is 11.8. The molecule has 0 saturated carbocycles. The summed E-state index contributed by atoms with van der Waals surface area (Å²) >= 11 is 3.11. The first kappa shape index (κ1) is 16.0. The van der Waals surface area contributed by atoms with Gasteiger partial charge >= 0.3 is 0 Å². The molecule has 2 heterocycles. The van der Waals surface area contributed by atoms with Crippen LogP contribution >= 0.6 is 28.3 Å². The molecule has 19 heavy (non-hydrogen) atoms. The number of carbonyl (C=O) groups excluding carboxylic acids is 2. The summed E-state index contributed by atoms with van der Waals surface area (Å²) in [5, 5.41) is 5.71. The van der Waals surface area contributed by atoms with Gasteiger partial charge in [0, 0.05) is 26.2 Å². The van der Waals surface area contributed by atoms with Crippen molar-refractivity contribution >= 4 is 40.2 Å². The molecule has 2 N–H and O–H groups in total. The van der Waals surface area contributed by atoms with Gasteiger partial charge in [-0.3, -0.25) is 9.59 Å². The van der Waals surface area contributed by atoms with E-state index in [1.807, 2.05) is 0 Å². The number of hydrogen-bond donors (Lipinski definition) is 2. The molecule has 6 nitrogen and oxygen atoms in total. The van der Waals surface area contributed by atoms with E-state index in [0.717, 1.165) is 13.1 Å². The Morgan fingerprint density at radius 3 is 2.63 bits per heavy atom. The zero-order valence-electron chi connectivity index (χ0n) is 10.1. The van der Waals surface area contributed by atoms with Crippen molar-refractivity contribution in [3.63, 3.8) is 0 Å². The molecule has 0 aromatic carbocycles. The summed E-state index contributed by atoms with van der Waals surface area (Å²) in [6.45, 7) is 2.95. The highest BCUT2D eigenvalue weighted by atomic mass is 79.9. The zero-order valence-corrected chi connectivity index (χ0v) is 12.6. The minimum Gasteiger partial charge on any atom is -0.444 e. The van der Waals surface area contributed by atoms with Crippen molar-refractivity contribution < 1.29 is 14.0 Å². The molecule has 0 atom stereocenters. The van der Waals surface area contributed by atoms with Gasteiger partial charge < -0.3 is 20.0 Å². The van der Waals surface area contributed by atoms with Crippen molar-refractivity contribution in [1.29, 1.82) is 0 Å². The van der Waals surface area contributed by atoms with Crippen LogP contribution in [0, 0.1) is 0 Å². The zero-order chi connectivity index (χ0) is 13.0. The first-order valence-corrected chi connectivity index (χ1v) is 6.48. The highest BCUT2D eigenvalue weighted by Gasteiger charge is 2.17. The molecule has 8 heteroatoms. The van der Waals surface area contributed by atoms with Gasteiger partial charge in [0.25, 0.3) is 5.91 Å². The van der Waals surface area contributed by atoms with E-state index >= 15 is 0 Å². The number of hydrogen-bond acceptors (Lipinski definition) is 4. The maximum Gasteiger partial charge on any atom is 0.287 e. The van der Waals surface area contributed by atoms with E-state index in [1.54, 1.807) is 17.0 Å². The summed E-state index contributed by atoms with van der Waals surface area (Å²) < 4.78 is 5.58. The van der Waals surface area contributed by atoms with Crippen molar-refractivity contribution in [2.24, 2.45) is 0 Å². The minimum atomic E-state index is -0.385. The number of nitrogens with one attached hydrogen (secondary N) is 2. The molecule has 0 spiro atoms. The van der Waals surface area contributed by atoms with Crippen molar-refractivity contribution in [1.82, 2.24) is 15.5 Å². The van der Waals surface area contributed by atoms with E-state index in [4.69, 9.17) is 4.42 Å². The molecule has 0 bridgehead atoms. The molecule has 0 unspecified atom stereocenters. The van der Waals surface area contributed by atoms with Crippen LogP contribution in [-0.2, 0) is 4.79 Å². The van der Waals surface area contributed by atoms with Crippen LogP contribution < -0.4 is 10.6 Å². The lowest BCUT2D eigenvalue weighted by molar-refractivity contribution is -0.130. The second-order valence-electron chi connectivity index (χ2n) is 3.92. The van der Waals surface area contributed by atoms with Gasteiger partial charge in [-0.2, -0.15) is 0 Å². The summed E-state index contributed by atoms with van der Waals surface area (Å²) in [7, 11) is 0. The third kappa shape index (κ3) is 4.52. The van der Waals surface area contributed by atoms with Crippen LogP contribution in [0.5, 0.6) is 0 Å². The fourth-order valence-electron chi connectivity index (χ4n) is 1.71. The molecule has 2 rings (SSSR count). The Morgan fingerprint density at radius 2 is 2.05 bits per heavy atom. The normalized spacial score (nSPS) is 14.7. The molecule has 2 amide bonds. The number of carbonyl (C=O) groups is 2. The van der Waals surface area contributed by atoms with Gasteiger partial charge in [-0.15, -0.1) is 12.4 Å². The monoisotopic (exact) mass is 351 g/mol. The van der Waals surface area contributed by atoms with Gasteiger partial charge in [0.15, 0.2) is 10.4 Å². The molecule has 106 valence electrons. The van der Waals surface area contributed by atoms with E-state index in [9.17, 15) is 9.59 Å². The Labute approximate surface area is 125 Å². The Balaban J connectivity index is 0.00000180. The number of rotatable bonds is 3. The van der Waals surface area contributed by atoms with Gasteiger partial charge in [-0.05, 0) is 28.1 Å². The molecule has 1 fully saturated rings. The number of halogens is 2. The van der Waals surface area contributed by atoms with E-state index in [1.165, 1.54) is 0 Å². The molecular weight excluding hydrogens is 337 g/mol. The number of furan rings is 1. The Bertz CT molecular complexity index is 446. The number of amides is 2. The smallest absolute Gasteiger partial charge is 0.287 e. The second kappa shape index (κ2) is 7.52. The van der Waals surface area contributed by atoms with Crippen molar-refractivity contribution in [3.05, 3.63) is 22.6 Å². The van der Waals surface area contributed by atoms with E-state index in [-0.39, 0.29) is 36.5 Å². The van der Waals surface area contributed by atoms with Crippen molar-refractivity contribution in [2.45, 2.75) is 0 Å². The third-order valence-electron chi connectivity index (χ3n) is 2.67. The van der Waals surface area contributed by atoms with Gasteiger partial charge in [0.1, 0.15) is 0 Å². The summed E-state index contributed by atoms with van der Waals surface area (Å²) in [6, 6.07) is 3.18. The Hall–Kier alpha value is -1.05. The topological polar surface area (TPSA) is 74.6 Å². The van der Waals surface area contributed by atoms with E-state index in [0.29, 0.717) is 17.8 Å². The number of piperazine rings is 1. The van der Waals surface area contributed by atoms with Gasteiger partial charge in [-0.25, -0.2) is 0 Å². The first-order chi connectivity index (χ1) is 8.66. The predicted octanol–water partition coefficient (Wildman–Crippen LogP) is 0.625. The van der Waals surface area contributed by atoms with Crippen LogP contribution in [0.15, 0.2) is 21.2 Å². The molecule has 1 aliphatic rings. The average Bonchev–Trinajstić information content (AvgIpc) is 2.83. The van der Waals surface area contributed by atoms with E-state index in [2.05, 4.69) is 26.6 Å². The lowest BCUT2D eigenvalue weighted by Crippen LogP contribution is -2.49. The molecule has 1 aromatic heterocycles.